The summed E-state index contributed by atoms with van der Waals surface area (Å²) in [5.74, 6) is 0.833. The van der Waals surface area contributed by atoms with Crippen molar-refractivity contribution in [1.82, 2.24) is 5.32 Å². The van der Waals surface area contributed by atoms with E-state index in [1.807, 2.05) is 42.5 Å². The summed E-state index contributed by atoms with van der Waals surface area (Å²) < 4.78 is 6.93. The quantitative estimate of drug-likeness (QED) is 0.672. The Morgan fingerprint density at radius 1 is 1.14 bits per heavy atom. The second-order valence-electron chi connectivity index (χ2n) is 4.89. The van der Waals surface area contributed by atoms with Crippen molar-refractivity contribution in [3.8, 4) is 5.75 Å². The Morgan fingerprint density at radius 3 is 2.73 bits per heavy atom. The van der Waals surface area contributed by atoms with Gasteiger partial charge in [0, 0.05) is 33.8 Å². The molecule has 0 saturated carbocycles. The molecule has 118 valence electrons. The Hall–Kier alpha value is -1.07. The summed E-state index contributed by atoms with van der Waals surface area (Å²) in [6.07, 6.45) is 0.740. The van der Waals surface area contributed by atoms with E-state index in [9.17, 15) is 0 Å². The molecule has 0 bridgehead atoms. The van der Waals surface area contributed by atoms with E-state index in [4.69, 9.17) is 21.4 Å². The molecule has 2 N–H and O–H groups in total. The Balaban J connectivity index is 2.01. The molecule has 0 aliphatic heterocycles. The first kappa shape index (κ1) is 17.3. The Bertz CT molecular complexity index is 607. The van der Waals surface area contributed by atoms with E-state index >= 15 is 0 Å². The largest absolute Gasteiger partial charge is 0.489 e. The molecule has 22 heavy (non-hydrogen) atoms. The van der Waals surface area contributed by atoms with Gasteiger partial charge in [-0.2, -0.15) is 0 Å². The summed E-state index contributed by atoms with van der Waals surface area (Å²) in [6.45, 7) is 2.09. The van der Waals surface area contributed by atoms with Crippen LogP contribution in [0.15, 0.2) is 46.9 Å². The topological polar surface area (TPSA) is 41.5 Å². The minimum Gasteiger partial charge on any atom is -0.489 e. The standard InChI is InChI=1S/C17H19BrClNO2/c18-15-6-7-17(14(10-15)11-20-8-3-9-21)22-12-13-4-1-2-5-16(13)19/h1-2,4-7,10,20-21H,3,8-9,11-12H2. The third-order valence-corrected chi connectivity index (χ3v) is 4.05. The molecule has 0 saturated heterocycles. The molecule has 0 atom stereocenters. The predicted molar refractivity (Wildman–Crippen MR) is 93.3 cm³/mol. The molecule has 2 aromatic carbocycles. The van der Waals surface area contributed by atoms with Crippen LogP contribution in [0.25, 0.3) is 0 Å². The second kappa shape index (κ2) is 9.16. The third-order valence-electron chi connectivity index (χ3n) is 3.19. The van der Waals surface area contributed by atoms with Crippen LogP contribution >= 0.6 is 27.5 Å². The predicted octanol–water partition coefficient (Wildman–Crippen LogP) is 4.15. The van der Waals surface area contributed by atoms with Crippen LogP contribution in [-0.4, -0.2) is 18.3 Å². The number of hydrogen-bond acceptors (Lipinski definition) is 3. The van der Waals surface area contributed by atoms with Gasteiger partial charge in [0.25, 0.3) is 0 Å². The fraction of sp³-hybridized carbons (Fsp3) is 0.294. The highest BCUT2D eigenvalue weighted by molar-refractivity contribution is 9.10. The molecule has 0 aliphatic carbocycles. The molecule has 0 aliphatic rings. The molecule has 0 aromatic heterocycles. The molecule has 3 nitrogen and oxygen atoms in total. The van der Waals surface area contributed by atoms with Gasteiger partial charge >= 0.3 is 0 Å². The lowest BCUT2D eigenvalue weighted by molar-refractivity contribution is 0.285. The highest BCUT2D eigenvalue weighted by atomic mass is 79.9. The molecule has 0 spiro atoms. The maximum absolute atomic E-state index is 8.81. The van der Waals surface area contributed by atoms with Gasteiger partial charge in [-0.1, -0.05) is 45.7 Å². The first-order valence-electron chi connectivity index (χ1n) is 7.17. The Labute approximate surface area is 144 Å². The van der Waals surface area contributed by atoms with Crippen molar-refractivity contribution < 1.29 is 9.84 Å². The minimum absolute atomic E-state index is 0.196. The van der Waals surface area contributed by atoms with Crippen molar-refractivity contribution in [2.45, 2.75) is 19.6 Å². The minimum atomic E-state index is 0.196. The Kier molecular flexibility index (Phi) is 7.19. The summed E-state index contributed by atoms with van der Waals surface area (Å²) in [5.41, 5.74) is 2.03. The van der Waals surface area contributed by atoms with Gasteiger partial charge in [0.1, 0.15) is 12.4 Å². The van der Waals surface area contributed by atoms with E-state index in [-0.39, 0.29) is 6.61 Å². The number of aliphatic hydroxyl groups is 1. The van der Waals surface area contributed by atoms with Gasteiger partial charge < -0.3 is 15.2 Å². The van der Waals surface area contributed by atoms with Gasteiger partial charge in [-0.3, -0.25) is 0 Å². The lowest BCUT2D eigenvalue weighted by Gasteiger charge is -2.13. The smallest absolute Gasteiger partial charge is 0.124 e. The van der Waals surface area contributed by atoms with Gasteiger partial charge in [0.05, 0.1) is 0 Å². The maximum Gasteiger partial charge on any atom is 0.124 e. The van der Waals surface area contributed by atoms with Gasteiger partial charge in [-0.25, -0.2) is 0 Å². The zero-order valence-corrected chi connectivity index (χ0v) is 14.5. The summed E-state index contributed by atoms with van der Waals surface area (Å²) in [5, 5.41) is 12.8. The number of hydrogen-bond donors (Lipinski definition) is 2. The second-order valence-corrected chi connectivity index (χ2v) is 6.21. The highest BCUT2D eigenvalue weighted by Gasteiger charge is 2.06. The lowest BCUT2D eigenvalue weighted by atomic mass is 10.2. The van der Waals surface area contributed by atoms with Crippen LogP contribution in [0, 0.1) is 0 Å². The number of nitrogens with one attached hydrogen (secondary N) is 1. The summed E-state index contributed by atoms with van der Waals surface area (Å²) in [6, 6.07) is 13.6. The number of rotatable bonds is 8. The number of halogens is 2. The molecule has 0 unspecified atom stereocenters. The van der Waals surface area contributed by atoms with E-state index in [0.717, 1.165) is 34.3 Å². The first-order chi connectivity index (χ1) is 10.7. The van der Waals surface area contributed by atoms with Gasteiger partial charge in [0.2, 0.25) is 0 Å². The fourth-order valence-corrected chi connectivity index (χ4v) is 2.62. The van der Waals surface area contributed by atoms with Gasteiger partial charge in [0.15, 0.2) is 0 Å². The van der Waals surface area contributed by atoms with Crippen LogP contribution in [0.3, 0.4) is 0 Å². The van der Waals surface area contributed by atoms with Crippen molar-refractivity contribution in [1.29, 1.82) is 0 Å². The highest BCUT2D eigenvalue weighted by Crippen LogP contribution is 2.25. The van der Waals surface area contributed by atoms with Crippen LogP contribution in [0.2, 0.25) is 5.02 Å². The van der Waals surface area contributed by atoms with E-state index < -0.39 is 0 Å². The number of ether oxygens (including phenoxy) is 1. The maximum atomic E-state index is 8.81. The van der Waals surface area contributed by atoms with Crippen molar-refractivity contribution >= 4 is 27.5 Å². The zero-order chi connectivity index (χ0) is 15.8. The molecule has 0 heterocycles. The summed E-state index contributed by atoms with van der Waals surface area (Å²) >= 11 is 9.63. The monoisotopic (exact) mass is 383 g/mol. The van der Waals surface area contributed by atoms with Crippen LogP contribution in [-0.2, 0) is 13.2 Å². The molecule has 2 aromatic rings. The zero-order valence-electron chi connectivity index (χ0n) is 12.2. The fourth-order valence-electron chi connectivity index (χ4n) is 2.03. The molecular formula is C17H19BrClNO2. The summed E-state index contributed by atoms with van der Waals surface area (Å²) in [4.78, 5) is 0. The molecule has 0 radical (unpaired) electrons. The molecule has 5 heteroatoms. The molecule has 2 rings (SSSR count). The molecular weight excluding hydrogens is 366 g/mol. The SMILES string of the molecule is OCCCNCc1cc(Br)ccc1OCc1ccccc1Cl. The number of benzene rings is 2. The van der Waals surface area contributed by atoms with Gasteiger partial charge in [-0.15, -0.1) is 0 Å². The van der Waals surface area contributed by atoms with Crippen LogP contribution in [0.4, 0.5) is 0 Å². The lowest BCUT2D eigenvalue weighted by Crippen LogP contribution is -2.16. The molecule has 0 amide bonds. The van der Waals surface area contributed by atoms with Crippen molar-refractivity contribution in [3.63, 3.8) is 0 Å². The summed E-state index contributed by atoms with van der Waals surface area (Å²) in [7, 11) is 0. The normalized spacial score (nSPS) is 10.7. The van der Waals surface area contributed by atoms with Gasteiger partial charge in [-0.05, 0) is 37.2 Å². The van der Waals surface area contributed by atoms with Crippen LogP contribution in [0.5, 0.6) is 5.75 Å². The van der Waals surface area contributed by atoms with E-state index in [1.165, 1.54) is 0 Å². The average Bonchev–Trinajstić information content (AvgIpc) is 2.52. The first-order valence-corrected chi connectivity index (χ1v) is 8.34. The van der Waals surface area contributed by atoms with Crippen molar-refractivity contribution in [2.75, 3.05) is 13.2 Å². The average molecular weight is 385 g/mol. The van der Waals surface area contributed by atoms with Crippen molar-refractivity contribution in [2.24, 2.45) is 0 Å². The Morgan fingerprint density at radius 2 is 1.95 bits per heavy atom. The van der Waals surface area contributed by atoms with Crippen LogP contribution < -0.4 is 10.1 Å². The molecule has 0 fully saturated rings. The van der Waals surface area contributed by atoms with E-state index in [2.05, 4.69) is 21.2 Å². The van der Waals surface area contributed by atoms with Crippen molar-refractivity contribution in [3.05, 3.63) is 63.1 Å². The third kappa shape index (κ3) is 5.29. The van der Waals surface area contributed by atoms with E-state index in [0.29, 0.717) is 18.2 Å². The number of aliphatic hydroxyl groups excluding tert-OH is 1. The van der Waals surface area contributed by atoms with Crippen LogP contribution in [0.1, 0.15) is 17.5 Å². The van der Waals surface area contributed by atoms with E-state index in [1.54, 1.807) is 0 Å².